The van der Waals surface area contributed by atoms with Gasteiger partial charge in [0.1, 0.15) is 0 Å². The van der Waals surface area contributed by atoms with Crippen molar-refractivity contribution in [2.75, 3.05) is 12.0 Å². The van der Waals surface area contributed by atoms with Gasteiger partial charge in [-0.05, 0) is 12.1 Å². The van der Waals surface area contributed by atoms with E-state index in [1.165, 1.54) is 0 Å². The van der Waals surface area contributed by atoms with Gasteiger partial charge in [0.15, 0.2) is 0 Å². The molecular formula is C11H14N6O2. The molecule has 0 aliphatic carbocycles. The van der Waals surface area contributed by atoms with Crippen molar-refractivity contribution in [2.24, 2.45) is 11.7 Å². The van der Waals surface area contributed by atoms with Crippen molar-refractivity contribution in [1.29, 1.82) is 0 Å². The highest BCUT2D eigenvalue weighted by atomic mass is 16.5. The predicted octanol–water partition coefficient (Wildman–Crippen LogP) is 0.169. The normalized spacial score (nSPS) is 11.9. The van der Waals surface area contributed by atoms with Crippen LogP contribution in [0.15, 0.2) is 29.0 Å². The Balaban J connectivity index is 1.97. The number of nitrogens with one attached hydrogen (secondary N) is 2. The second kappa shape index (κ2) is 5.91. The van der Waals surface area contributed by atoms with Crippen LogP contribution in [0, 0.1) is 5.92 Å². The zero-order valence-electron chi connectivity index (χ0n) is 10.3. The standard InChI is InChI=1S/C11H14N6O2/c1-7(6-12)10(18)15-16-11-14-9(17-19-11)8-2-4-13-5-3-8/h2-5,7H,6,12H2,1H3,(H,15,18)(H,14,16,17). The molecule has 100 valence electrons. The Labute approximate surface area is 109 Å². The molecule has 0 fully saturated rings. The summed E-state index contributed by atoms with van der Waals surface area (Å²) in [5.74, 6) is -0.132. The van der Waals surface area contributed by atoms with E-state index in [1.807, 2.05) is 0 Å². The Bertz CT molecular complexity index is 541. The first kappa shape index (κ1) is 13.0. The minimum atomic E-state index is -0.296. The molecule has 0 aromatic carbocycles. The first-order chi connectivity index (χ1) is 9.20. The van der Waals surface area contributed by atoms with Gasteiger partial charge >= 0.3 is 6.01 Å². The number of hydrogen-bond acceptors (Lipinski definition) is 7. The number of amides is 1. The van der Waals surface area contributed by atoms with Crippen LogP contribution >= 0.6 is 0 Å². The van der Waals surface area contributed by atoms with E-state index < -0.39 is 0 Å². The molecule has 0 spiro atoms. The third-order valence-corrected chi connectivity index (χ3v) is 2.46. The average molecular weight is 262 g/mol. The summed E-state index contributed by atoms with van der Waals surface area (Å²) in [5.41, 5.74) is 11.1. The number of nitrogens with two attached hydrogens (primary N) is 1. The third-order valence-electron chi connectivity index (χ3n) is 2.46. The lowest BCUT2D eigenvalue weighted by Crippen LogP contribution is -2.36. The number of hydrogen-bond donors (Lipinski definition) is 3. The zero-order valence-corrected chi connectivity index (χ0v) is 10.3. The number of carbonyl (C=O) groups is 1. The summed E-state index contributed by atoms with van der Waals surface area (Å²) in [6.07, 6.45) is 3.26. The summed E-state index contributed by atoms with van der Waals surface area (Å²) in [4.78, 5) is 19.4. The zero-order chi connectivity index (χ0) is 13.7. The number of rotatable bonds is 5. The van der Waals surface area contributed by atoms with E-state index in [4.69, 9.17) is 10.3 Å². The molecule has 1 amide bonds. The van der Waals surface area contributed by atoms with Crippen molar-refractivity contribution >= 4 is 11.9 Å². The highest BCUT2D eigenvalue weighted by molar-refractivity contribution is 5.79. The maximum atomic E-state index is 11.5. The van der Waals surface area contributed by atoms with E-state index >= 15 is 0 Å². The summed E-state index contributed by atoms with van der Waals surface area (Å²) >= 11 is 0. The molecule has 0 saturated carbocycles. The fourth-order valence-corrected chi connectivity index (χ4v) is 1.24. The fourth-order valence-electron chi connectivity index (χ4n) is 1.24. The van der Waals surface area contributed by atoms with Gasteiger partial charge in [-0.15, -0.1) is 0 Å². The van der Waals surface area contributed by atoms with E-state index in [0.717, 1.165) is 5.56 Å². The SMILES string of the molecule is CC(CN)C(=O)NNc1nc(-c2ccncc2)no1. The molecule has 2 aromatic rings. The number of anilines is 1. The predicted molar refractivity (Wildman–Crippen MR) is 67.5 cm³/mol. The Morgan fingerprint density at radius 3 is 2.89 bits per heavy atom. The lowest BCUT2D eigenvalue weighted by atomic mass is 10.2. The van der Waals surface area contributed by atoms with E-state index in [9.17, 15) is 4.79 Å². The second-order valence-corrected chi connectivity index (χ2v) is 3.91. The minimum Gasteiger partial charge on any atom is -0.330 e. The number of hydrazine groups is 1. The van der Waals surface area contributed by atoms with Gasteiger partial charge in [0.05, 0.1) is 0 Å². The van der Waals surface area contributed by atoms with Crippen molar-refractivity contribution in [3.63, 3.8) is 0 Å². The maximum Gasteiger partial charge on any atom is 0.340 e. The topological polar surface area (TPSA) is 119 Å². The first-order valence-corrected chi connectivity index (χ1v) is 5.70. The number of carbonyl (C=O) groups excluding carboxylic acids is 1. The molecule has 8 heteroatoms. The van der Waals surface area contributed by atoms with E-state index in [0.29, 0.717) is 5.82 Å². The number of pyridine rings is 1. The molecular weight excluding hydrogens is 248 g/mol. The molecule has 0 saturated heterocycles. The molecule has 0 aliphatic rings. The maximum absolute atomic E-state index is 11.5. The fraction of sp³-hybridized carbons (Fsp3) is 0.273. The van der Waals surface area contributed by atoms with Crippen molar-refractivity contribution < 1.29 is 9.32 Å². The highest BCUT2D eigenvalue weighted by Gasteiger charge is 2.12. The van der Waals surface area contributed by atoms with Crippen LogP contribution in [0.25, 0.3) is 11.4 Å². The minimum absolute atomic E-state index is 0.101. The number of nitrogens with zero attached hydrogens (tertiary/aromatic N) is 3. The summed E-state index contributed by atoms with van der Waals surface area (Å²) in [5, 5.41) is 3.78. The van der Waals surface area contributed by atoms with Crippen LogP contribution in [0.3, 0.4) is 0 Å². The van der Waals surface area contributed by atoms with E-state index in [-0.39, 0.29) is 24.4 Å². The molecule has 4 N–H and O–H groups in total. The van der Waals surface area contributed by atoms with Crippen molar-refractivity contribution in [2.45, 2.75) is 6.92 Å². The van der Waals surface area contributed by atoms with Gasteiger partial charge in [-0.1, -0.05) is 12.1 Å². The van der Waals surface area contributed by atoms with Crippen LogP contribution in [0.4, 0.5) is 6.01 Å². The lowest BCUT2D eigenvalue weighted by Gasteiger charge is -2.08. The number of aromatic nitrogens is 3. The van der Waals surface area contributed by atoms with Crippen molar-refractivity contribution in [3.8, 4) is 11.4 Å². The Morgan fingerprint density at radius 1 is 1.47 bits per heavy atom. The Hall–Kier alpha value is -2.48. The van der Waals surface area contributed by atoms with Gasteiger partial charge in [-0.25, -0.2) is 5.43 Å². The quantitative estimate of drug-likeness (QED) is 0.657. The second-order valence-electron chi connectivity index (χ2n) is 3.91. The molecule has 1 atom stereocenters. The largest absolute Gasteiger partial charge is 0.340 e. The van der Waals surface area contributed by atoms with Crippen LogP contribution < -0.4 is 16.6 Å². The van der Waals surface area contributed by atoms with Gasteiger partial charge in [0.25, 0.3) is 0 Å². The molecule has 8 nitrogen and oxygen atoms in total. The van der Waals surface area contributed by atoms with Gasteiger partial charge in [-0.3, -0.25) is 15.2 Å². The van der Waals surface area contributed by atoms with Gasteiger partial charge in [0, 0.05) is 30.4 Å². The highest BCUT2D eigenvalue weighted by Crippen LogP contribution is 2.15. The Kier molecular flexibility index (Phi) is 4.04. The van der Waals surface area contributed by atoms with Crippen molar-refractivity contribution in [3.05, 3.63) is 24.5 Å². The molecule has 2 rings (SSSR count). The van der Waals surface area contributed by atoms with Crippen LogP contribution in [-0.4, -0.2) is 27.6 Å². The molecule has 0 aliphatic heterocycles. The van der Waals surface area contributed by atoms with Crippen molar-refractivity contribution in [1.82, 2.24) is 20.6 Å². The lowest BCUT2D eigenvalue weighted by molar-refractivity contribution is -0.123. The molecule has 2 aromatic heterocycles. The molecule has 0 radical (unpaired) electrons. The first-order valence-electron chi connectivity index (χ1n) is 5.70. The summed E-state index contributed by atoms with van der Waals surface area (Å²) in [6, 6.07) is 3.61. The molecule has 0 bridgehead atoms. The van der Waals surface area contributed by atoms with Crippen LogP contribution in [0.5, 0.6) is 0 Å². The third kappa shape index (κ3) is 3.26. The molecule has 2 heterocycles. The molecule has 19 heavy (non-hydrogen) atoms. The van der Waals surface area contributed by atoms with Gasteiger partial charge < -0.3 is 10.3 Å². The van der Waals surface area contributed by atoms with Gasteiger partial charge in [0.2, 0.25) is 11.7 Å². The van der Waals surface area contributed by atoms with Crippen LogP contribution in [0.1, 0.15) is 6.92 Å². The monoisotopic (exact) mass is 262 g/mol. The Morgan fingerprint density at radius 2 is 2.21 bits per heavy atom. The summed E-state index contributed by atoms with van der Waals surface area (Å²) in [7, 11) is 0. The van der Waals surface area contributed by atoms with Crippen LogP contribution in [-0.2, 0) is 4.79 Å². The summed E-state index contributed by atoms with van der Waals surface area (Å²) in [6.45, 7) is 1.98. The van der Waals surface area contributed by atoms with Gasteiger partial charge in [-0.2, -0.15) is 4.98 Å². The van der Waals surface area contributed by atoms with E-state index in [1.54, 1.807) is 31.5 Å². The summed E-state index contributed by atoms with van der Waals surface area (Å²) < 4.78 is 4.94. The molecule has 1 unspecified atom stereocenters. The van der Waals surface area contributed by atoms with Crippen LogP contribution in [0.2, 0.25) is 0 Å². The average Bonchev–Trinajstić information content (AvgIpc) is 2.93. The smallest absolute Gasteiger partial charge is 0.330 e. The van der Waals surface area contributed by atoms with E-state index in [2.05, 4.69) is 26.0 Å².